The molecule has 8 aromatic rings. The molecule has 5 heteroatoms. The van der Waals surface area contributed by atoms with Crippen molar-refractivity contribution in [2.24, 2.45) is 0 Å². The summed E-state index contributed by atoms with van der Waals surface area (Å²) in [5.74, 6) is 3.15. The lowest BCUT2D eigenvalue weighted by atomic mass is 9.85. The number of fused-ring (bicyclic) bond motifs is 4. The van der Waals surface area contributed by atoms with Gasteiger partial charge in [0.15, 0.2) is 0 Å². The normalized spacial score (nSPS) is 13.2. The largest absolute Gasteiger partial charge is 0.457 e. The number of hydrogen-bond acceptors (Lipinski definition) is 4. The van der Waals surface area contributed by atoms with E-state index in [1.54, 1.807) is 0 Å². The van der Waals surface area contributed by atoms with Crippen molar-refractivity contribution in [3.05, 3.63) is 168 Å². The van der Waals surface area contributed by atoms with Crippen molar-refractivity contribution in [3.63, 3.8) is 0 Å². The molecule has 0 amide bonds. The summed E-state index contributed by atoms with van der Waals surface area (Å²) in [6.45, 7) is 23.5. The number of hydrogen-bond donors (Lipinski definition) is 0. The first kappa shape index (κ1) is 40.1. The second-order valence-electron chi connectivity index (χ2n) is 19.4. The van der Waals surface area contributed by atoms with Crippen LogP contribution >= 0.6 is 0 Å². The molecule has 1 aliphatic heterocycles. The lowest BCUT2D eigenvalue weighted by Crippen LogP contribution is -2.26. The van der Waals surface area contributed by atoms with Gasteiger partial charge in [-0.05, 0) is 117 Å². The van der Waals surface area contributed by atoms with E-state index in [4.69, 9.17) is 9.72 Å². The van der Waals surface area contributed by atoms with Crippen LogP contribution in [0, 0.1) is 0 Å². The molecule has 1 aliphatic rings. The molecule has 2 aromatic heterocycles. The van der Waals surface area contributed by atoms with Crippen LogP contribution in [0.15, 0.2) is 146 Å². The zero-order chi connectivity index (χ0) is 42.8. The maximum atomic E-state index is 7.10. The van der Waals surface area contributed by atoms with Gasteiger partial charge in [-0.1, -0.05) is 136 Å². The third kappa shape index (κ3) is 7.35. The van der Waals surface area contributed by atoms with Crippen molar-refractivity contribution in [1.29, 1.82) is 0 Å². The summed E-state index contributed by atoms with van der Waals surface area (Å²) in [6.07, 6.45) is 1.93. The van der Waals surface area contributed by atoms with Gasteiger partial charge in [0.05, 0.1) is 22.4 Å². The van der Waals surface area contributed by atoms with E-state index in [0.29, 0.717) is 18.5 Å². The number of ether oxygens (including phenoxy) is 1. The second kappa shape index (κ2) is 15.3. The van der Waals surface area contributed by atoms with E-state index < -0.39 is 0 Å². The van der Waals surface area contributed by atoms with Gasteiger partial charge in [0, 0.05) is 40.5 Å². The molecule has 0 fully saturated rings. The van der Waals surface area contributed by atoms with Gasteiger partial charge in [-0.15, -0.1) is 0 Å². The minimum Gasteiger partial charge on any atom is -0.457 e. The summed E-state index contributed by atoms with van der Waals surface area (Å²) in [6, 6.07) is 50.8. The molecule has 0 N–H and O–H groups in total. The average Bonchev–Trinajstić information content (AvgIpc) is 3.79. The molecule has 5 nitrogen and oxygen atoms in total. The van der Waals surface area contributed by atoms with Crippen molar-refractivity contribution in [2.75, 3.05) is 16.5 Å². The Hall–Kier alpha value is -6.33. The molecule has 0 bridgehead atoms. The number of para-hydroxylation sites is 4. The molecular formula is C56H58N4O. The minimum absolute atomic E-state index is 0.0140. The Morgan fingerprint density at radius 1 is 0.541 bits per heavy atom. The Kier molecular flexibility index (Phi) is 10.1. The van der Waals surface area contributed by atoms with Crippen LogP contribution in [0.4, 0.5) is 22.7 Å². The van der Waals surface area contributed by atoms with Gasteiger partial charge in [0.25, 0.3) is 0 Å². The molecule has 9 rings (SSSR count). The van der Waals surface area contributed by atoms with Crippen LogP contribution in [0.2, 0.25) is 0 Å². The monoisotopic (exact) mass is 802 g/mol. The Morgan fingerprint density at radius 3 is 1.87 bits per heavy atom. The van der Waals surface area contributed by atoms with Crippen LogP contribution in [0.3, 0.4) is 0 Å². The average molecular weight is 803 g/mol. The zero-order valence-electron chi connectivity index (χ0n) is 37.4. The van der Waals surface area contributed by atoms with Crippen LogP contribution < -0.4 is 14.5 Å². The van der Waals surface area contributed by atoms with Crippen molar-refractivity contribution in [3.8, 4) is 28.4 Å². The van der Waals surface area contributed by atoms with Crippen LogP contribution in [0.25, 0.3) is 38.8 Å². The standard InChI is InChI=1S/C56H58N4O/c1-36(2)43-19-17-20-44(37(3)4)54(43)38-30-40(58-35-59(51-25-16-15-24-50(51)58)49-23-14-12-21-47(49)56(8,9)10)33-42(31-38)61-41-26-27-46-45-18-11-13-22-48(45)60(52(46)34-41)53-32-39(28-29-57-53)55(5,6)7/h11-34,36-37H,35H2,1-10H3. The fraction of sp³-hybridized carbons (Fsp3) is 0.268. The van der Waals surface area contributed by atoms with E-state index in [9.17, 15) is 0 Å². The third-order valence-electron chi connectivity index (χ3n) is 12.3. The van der Waals surface area contributed by atoms with Crippen LogP contribution in [0.5, 0.6) is 11.5 Å². The molecule has 0 unspecified atom stereocenters. The highest BCUT2D eigenvalue weighted by molar-refractivity contribution is 6.09. The highest BCUT2D eigenvalue weighted by atomic mass is 16.5. The van der Waals surface area contributed by atoms with Crippen molar-refractivity contribution < 1.29 is 4.74 Å². The lowest BCUT2D eigenvalue weighted by molar-refractivity contribution is 0.483. The van der Waals surface area contributed by atoms with Gasteiger partial charge in [-0.2, -0.15) is 0 Å². The summed E-state index contributed by atoms with van der Waals surface area (Å²) in [5.41, 5.74) is 14.5. The van der Waals surface area contributed by atoms with Gasteiger partial charge in [0.2, 0.25) is 0 Å². The first-order chi connectivity index (χ1) is 29.2. The number of anilines is 4. The first-order valence-electron chi connectivity index (χ1n) is 21.9. The summed E-state index contributed by atoms with van der Waals surface area (Å²) in [4.78, 5) is 9.86. The molecule has 0 saturated carbocycles. The molecule has 3 heterocycles. The number of pyridine rings is 1. The fourth-order valence-corrected chi connectivity index (χ4v) is 9.22. The van der Waals surface area contributed by atoms with Crippen molar-refractivity contribution in [2.45, 2.75) is 91.9 Å². The Labute approximate surface area is 362 Å². The van der Waals surface area contributed by atoms with Crippen molar-refractivity contribution in [1.82, 2.24) is 9.55 Å². The highest BCUT2D eigenvalue weighted by Gasteiger charge is 2.32. The zero-order valence-corrected chi connectivity index (χ0v) is 37.4. The van der Waals surface area contributed by atoms with Crippen LogP contribution in [-0.2, 0) is 10.8 Å². The summed E-state index contributed by atoms with van der Waals surface area (Å²) in [5, 5.41) is 2.35. The smallest absolute Gasteiger partial charge is 0.137 e. The van der Waals surface area contributed by atoms with E-state index in [1.165, 1.54) is 50.3 Å². The molecule has 6 aromatic carbocycles. The lowest BCUT2D eigenvalue weighted by Gasteiger charge is -2.29. The number of benzene rings is 6. The SMILES string of the molecule is CC(C)c1cccc(C(C)C)c1-c1cc(Oc2ccc3c4ccccc4n(-c4cc(C(C)(C)C)ccn4)c3c2)cc(N2CN(c3ccccc3C(C)(C)C)c3ccccc32)c1. The predicted octanol–water partition coefficient (Wildman–Crippen LogP) is 15.7. The fourth-order valence-electron chi connectivity index (χ4n) is 9.22. The minimum atomic E-state index is -0.0219. The van der Waals surface area contributed by atoms with E-state index in [2.05, 4.69) is 223 Å². The molecule has 61 heavy (non-hydrogen) atoms. The molecule has 0 atom stereocenters. The van der Waals surface area contributed by atoms with E-state index in [-0.39, 0.29) is 10.8 Å². The molecule has 0 radical (unpaired) electrons. The predicted molar refractivity (Wildman–Crippen MR) is 258 cm³/mol. The van der Waals surface area contributed by atoms with Crippen LogP contribution in [0.1, 0.15) is 103 Å². The first-order valence-corrected chi connectivity index (χ1v) is 21.9. The molecular weight excluding hydrogens is 745 g/mol. The van der Waals surface area contributed by atoms with Gasteiger partial charge in [0.1, 0.15) is 24.0 Å². The molecule has 0 saturated heterocycles. The Balaban J connectivity index is 1.22. The number of nitrogens with zero attached hydrogens (tertiary/aromatic N) is 4. The number of aromatic nitrogens is 2. The molecule has 308 valence electrons. The third-order valence-corrected chi connectivity index (χ3v) is 12.3. The topological polar surface area (TPSA) is 33.5 Å². The summed E-state index contributed by atoms with van der Waals surface area (Å²) >= 11 is 0. The van der Waals surface area contributed by atoms with Crippen LogP contribution in [-0.4, -0.2) is 16.2 Å². The van der Waals surface area contributed by atoms with Crippen molar-refractivity contribution >= 4 is 44.6 Å². The van der Waals surface area contributed by atoms with Gasteiger partial charge >= 0.3 is 0 Å². The van der Waals surface area contributed by atoms with E-state index >= 15 is 0 Å². The van der Waals surface area contributed by atoms with E-state index in [1.807, 2.05) is 6.20 Å². The Morgan fingerprint density at radius 2 is 1.18 bits per heavy atom. The van der Waals surface area contributed by atoms with E-state index in [0.717, 1.165) is 45.0 Å². The number of rotatable bonds is 8. The summed E-state index contributed by atoms with van der Waals surface area (Å²) < 4.78 is 9.39. The quantitative estimate of drug-likeness (QED) is 0.153. The van der Waals surface area contributed by atoms with Gasteiger partial charge in [-0.25, -0.2) is 4.98 Å². The molecule has 0 aliphatic carbocycles. The van der Waals surface area contributed by atoms with Gasteiger partial charge < -0.3 is 14.5 Å². The molecule has 0 spiro atoms. The maximum Gasteiger partial charge on any atom is 0.137 e. The second-order valence-corrected chi connectivity index (χ2v) is 19.4. The van der Waals surface area contributed by atoms with Gasteiger partial charge in [-0.3, -0.25) is 4.57 Å². The summed E-state index contributed by atoms with van der Waals surface area (Å²) in [7, 11) is 0. The maximum absolute atomic E-state index is 7.10. The highest BCUT2D eigenvalue weighted by Crippen LogP contribution is 2.49. The Bertz CT molecular complexity index is 2900.